The van der Waals surface area contributed by atoms with E-state index in [4.69, 9.17) is 0 Å². The monoisotopic (exact) mass is 226 g/mol. The zero-order valence-corrected chi connectivity index (χ0v) is 11.8. The molecule has 1 fully saturated rings. The molecule has 0 bridgehead atoms. The van der Waals surface area contributed by atoms with Crippen molar-refractivity contribution >= 4 is 0 Å². The largest absolute Gasteiger partial charge is 0.312 e. The molecule has 1 aliphatic carbocycles. The van der Waals surface area contributed by atoms with Crippen LogP contribution < -0.4 is 5.32 Å². The quantitative estimate of drug-likeness (QED) is 0.749. The van der Waals surface area contributed by atoms with Crippen LogP contribution in [0.4, 0.5) is 0 Å². The zero-order chi connectivity index (χ0) is 12.2. The van der Waals surface area contributed by atoms with E-state index in [1.807, 2.05) is 0 Å². The number of nitrogens with zero attached hydrogens (tertiary/aromatic N) is 1. The first-order valence-corrected chi connectivity index (χ1v) is 6.95. The van der Waals surface area contributed by atoms with Crippen molar-refractivity contribution in [2.45, 2.75) is 64.5 Å². The fraction of sp³-hybridized carbons (Fsp3) is 1.00. The maximum Gasteiger partial charge on any atom is 0.0358 e. The lowest BCUT2D eigenvalue weighted by molar-refractivity contribution is 0.0815. The molecule has 0 radical (unpaired) electrons. The molecule has 1 saturated carbocycles. The summed E-state index contributed by atoms with van der Waals surface area (Å²) in [6.07, 6.45) is 6.75. The molecule has 16 heavy (non-hydrogen) atoms. The highest BCUT2D eigenvalue weighted by Gasteiger charge is 2.43. The van der Waals surface area contributed by atoms with E-state index >= 15 is 0 Å². The van der Waals surface area contributed by atoms with Crippen molar-refractivity contribution in [3.8, 4) is 0 Å². The molecule has 2 nitrogen and oxygen atoms in total. The summed E-state index contributed by atoms with van der Waals surface area (Å²) in [5.41, 5.74) is 0.406. The molecule has 2 heteroatoms. The molecule has 0 saturated heterocycles. The molecule has 1 aliphatic rings. The normalized spacial score (nSPS) is 21.9. The third-order valence-electron chi connectivity index (χ3n) is 4.22. The number of hydrogen-bond donors (Lipinski definition) is 1. The van der Waals surface area contributed by atoms with E-state index in [1.54, 1.807) is 0 Å². The molecule has 0 aromatic carbocycles. The molecular formula is C14H30N2. The SMILES string of the molecule is CCCNC(C(C)C)C1(N(C)C)CCCC1. The van der Waals surface area contributed by atoms with Gasteiger partial charge in [0.1, 0.15) is 0 Å². The van der Waals surface area contributed by atoms with Crippen LogP contribution >= 0.6 is 0 Å². The summed E-state index contributed by atoms with van der Waals surface area (Å²) >= 11 is 0. The van der Waals surface area contributed by atoms with Crippen LogP contribution in [0.3, 0.4) is 0 Å². The average Bonchev–Trinajstić information content (AvgIpc) is 2.68. The molecule has 1 unspecified atom stereocenters. The van der Waals surface area contributed by atoms with Crippen LogP contribution in [-0.2, 0) is 0 Å². The summed E-state index contributed by atoms with van der Waals surface area (Å²) in [6, 6.07) is 0.643. The average molecular weight is 226 g/mol. The molecule has 1 rings (SSSR count). The highest BCUT2D eigenvalue weighted by atomic mass is 15.2. The minimum atomic E-state index is 0.406. The van der Waals surface area contributed by atoms with Crippen LogP contribution in [0.2, 0.25) is 0 Å². The minimum absolute atomic E-state index is 0.406. The number of rotatable bonds is 6. The van der Waals surface area contributed by atoms with Crippen molar-refractivity contribution in [1.29, 1.82) is 0 Å². The van der Waals surface area contributed by atoms with Crippen molar-refractivity contribution in [3.05, 3.63) is 0 Å². The molecule has 0 amide bonds. The summed E-state index contributed by atoms with van der Waals surface area (Å²) in [4.78, 5) is 2.48. The standard InChI is InChI=1S/C14H30N2/c1-6-11-15-13(12(2)3)14(16(4)5)9-7-8-10-14/h12-13,15H,6-11H2,1-5H3. The van der Waals surface area contributed by atoms with Crippen molar-refractivity contribution in [3.63, 3.8) is 0 Å². The lowest BCUT2D eigenvalue weighted by Gasteiger charge is -2.46. The summed E-state index contributed by atoms with van der Waals surface area (Å²) in [7, 11) is 4.52. The summed E-state index contributed by atoms with van der Waals surface area (Å²) in [5, 5.41) is 3.79. The van der Waals surface area contributed by atoms with E-state index < -0.39 is 0 Å². The highest BCUT2D eigenvalue weighted by Crippen LogP contribution is 2.39. The van der Waals surface area contributed by atoms with Crippen molar-refractivity contribution in [2.75, 3.05) is 20.6 Å². The predicted octanol–water partition coefficient (Wildman–Crippen LogP) is 2.89. The van der Waals surface area contributed by atoms with Gasteiger partial charge in [-0.15, -0.1) is 0 Å². The van der Waals surface area contributed by atoms with Gasteiger partial charge in [-0.3, -0.25) is 0 Å². The number of hydrogen-bond acceptors (Lipinski definition) is 2. The Balaban J connectivity index is 2.79. The maximum atomic E-state index is 3.79. The van der Waals surface area contributed by atoms with E-state index in [2.05, 4.69) is 45.1 Å². The van der Waals surface area contributed by atoms with Gasteiger partial charge in [0.15, 0.2) is 0 Å². The van der Waals surface area contributed by atoms with Gasteiger partial charge in [0, 0.05) is 11.6 Å². The fourth-order valence-corrected chi connectivity index (χ4v) is 3.37. The maximum absolute atomic E-state index is 3.79. The van der Waals surface area contributed by atoms with Gasteiger partial charge in [-0.05, 0) is 45.8 Å². The Bertz CT molecular complexity index is 193. The second-order valence-electron chi connectivity index (χ2n) is 5.88. The zero-order valence-electron chi connectivity index (χ0n) is 11.8. The summed E-state index contributed by atoms with van der Waals surface area (Å²) in [6.45, 7) is 8.12. The van der Waals surface area contributed by atoms with E-state index in [0.717, 1.165) is 6.54 Å². The first kappa shape index (κ1) is 14.0. The Hall–Kier alpha value is -0.0800. The van der Waals surface area contributed by atoms with Gasteiger partial charge in [0.2, 0.25) is 0 Å². The van der Waals surface area contributed by atoms with Gasteiger partial charge < -0.3 is 10.2 Å². The second-order valence-corrected chi connectivity index (χ2v) is 5.88. The number of nitrogens with one attached hydrogen (secondary N) is 1. The smallest absolute Gasteiger partial charge is 0.0358 e. The lowest BCUT2D eigenvalue weighted by atomic mass is 9.80. The molecule has 0 aromatic rings. The third kappa shape index (κ3) is 2.78. The molecule has 0 aromatic heterocycles. The molecule has 0 spiro atoms. The van der Waals surface area contributed by atoms with Gasteiger partial charge >= 0.3 is 0 Å². The van der Waals surface area contributed by atoms with Crippen LogP contribution in [0.1, 0.15) is 52.9 Å². The van der Waals surface area contributed by atoms with Crippen LogP contribution in [0.25, 0.3) is 0 Å². The van der Waals surface area contributed by atoms with Crippen LogP contribution in [0.15, 0.2) is 0 Å². The summed E-state index contributed by atoms with van der Waals surface area (Å²) in [5.74, 6) is 0.715. The van der Waals surface area contributed by atoms with Crippen molar-refractivity contribution in [1.82, 2.24) is 10.2 Å². The second kappa shape index (κ2) is 6.02. The van der Waals surface area contributed by atoms with Gasteiger partial charge in [-0.25, -0.2) is 0 Å². The lowest BCUT2D eigenvalue weighted by Crippen LogP contribution is -2.59. The highest BCUT2D eigenvalue weighted by molar-refractivity contribution is 5.03. The van der Waals surface area contributed by atoms with E-state index in [9.17, 15) is 0 Å². The van der Waals surface area contributed by atoms with Crippen molar-refractivity contribution < 1.29 is 0 Å². The van der Waals surface area contributed by atoms with Crippen molar-refractivity contribution in [2.24, 2.45) is 5.92 Å². The predicted molar refractivity (Wildman–Crippen MR) is 71.8 cm³/mol. The molecule has 1 N–H and O–H groups in total. The summed E-state index contributed by atoms with van der Waals surface area (Å²) < 4.78 is 0. The molecule has 1 atom stereocenters. The first-order valence-electron chi connectivity index (χ1n) is 6.95. The van der Waals surface area contributed by atoms with Crippen LogP contribution in [0, 0.1) is 5.92 Å². The van der Waals surface area contributed by atoms with Crippen LogP contribution in [0.5, 0.6) is 0 Å². The fourth-order valence-electron chi connectivity index (χ4n) is 3.37. The Morgan fingerprint density at radius 3 is 2.12 bits per heavy atom. The Labute approximate surface area is 102 Å². The Kier molecular flexibility index (Phi) is 5.26. The van der Waals surface area contributed by atoms with Crippen LogP contribution in [-0.4, -0.2) is 37.1 Å². The van der Waals surface area contributed by atoms with E-state index in [-0.39, 0.29) is 0 Å². The molecule has 0 heterocycles. The van der Waals surface area contributed by atoms with Gasteiger partial charge in [0.05, 0.1) is 0 Å². The Morgan fingerprint density at radius 2 is 1.75 bits per heavy atom. The van der Waals surface area contributed by atoms with Gasteiger partial charge in [-0.2, -0.15) is 0 Å². The molecule has 0 aliphatic heterocycles. The third-order valence-corrected chi connectivity index (χ3v) is 4.22. The van der Waals surface area contributed by atoms with Gasteiger partial charge in [0.25, 0.3) is 0 Å². The number of likely N-dealkylation sites (N-methyl/N-ethyl adjacent to an activating group) is 1. The van der Waals surface area contributed by atoms with E-state index in [1.165, 1.54) is 32.1 Å². The minimum Gasteiger partial charge on any atom is -0.312 e. The first-order chi connectivity index (χ1) is 7.54. The molecular weight excluding hydrogens is 196 g/mol. The van der Waals surface area contributed by atoms with E-state index in [0.29, 0.717) is 17.5 Å². The molecule has 96 valence electrons. The van der Waals surface area contributed by atoms with Gasteiger partial charge in [-0.1, -0.05) is 33.6 Å². The Morgan fingerprint density at radius 1 is 1.19 bits per heavy atom. The topological polar surface area (TPSA) is 15.3 Å².